The summed E-state index contributed by atoms with van der Waals surface area (Å²) in [5.41, 5.74) is 0.917. The minimum Gasteiger partial charge on any atom is -0.480 e. The molecule has 21 heavy (non-hydrogen) atoms. The average molecular weight is 294 g/mol. The van der Waals surface area contributed by atoms with Gasteiger partial charge in [-0.3, -0.25) is 0 Å². The number of likely N-dealkylation sites (tertiary alicyclic amines) is 1. The van der Waals surface area contributed by atoms with E-state index in [0.717, 1.165) is 5.56 Å². The predicted molar refractivity (Wildman–Crippen MR) is 75.5 cm³/mol. The number of amides is 2. The standard InChI is InChI=1S/C15H19FN2O3/c1-10(9-11-4-6-12(16)7-5-11)17-15(21)18-8-2-3-13(18)14(19)20/h4-7,10,13H,2-3,8-9H2,1H3,(H,17,21)(H,19,20). The van der Waals surface area contributed by atoms with Crippen LogP contribution in [0.4, 0.5) is 9.18 Å². The van der Waals surface area contributed by atoms with Crippen molar-refractivity contribution in [2.24, 2.45) is 0 Å². The summed E-state index contributed by atoms with van der Waals surface area (Å²) in [4.78, 5) is 24.5. The zero-order valence-electron chi connectivity index (χ0n) is 11.9. The minimum absolute atomic E-state index is 0.155. The Morgan fingerprint density at radius 1 is 1.43 bits per heavy atom. The number of halogens is 1. The third-order valence-corrected chi connectivity index (χ3v) is 3.62. The maximum absolute atomic E-state index is 12.8. The smallest absolute Gasteiger partial charge is 0.326 e. The highest BCUT2D eigenvalue weighted by atomic mass is 19.1. The van der Waals surface area contributed by atoms with E-state index in [1.54, 1.807) is 12.1 Å². The summed E-state index contributed by atoms with van der Waals surface area (Å²) >= 11 is 0. The second-order valence-electron chi connectivity index (χ2n) is 5.37. The molecule has 0 spiro atoms. The number of carboxylic acid groups (broad SMARTS) is 1. The summed E-state index contributed by atoms with van der Waals surface area (Å²) in [6.45, 7) is 2.30. The van der Waals surface area contributed by atoms with Crippen molar-refractivity contribution in [3.8, 4) is 0 Å². The number of carbonyl (C=O) groups excluding carboxylic acids is 1. The normalized spacial score (nSPS) is 19.3. The molecular formula is C15H19FN2O3. The summed E-state index contributed by atoms with van der Waals surface area (Å²) < 4.78 is 12.8. The second kappa shape index (κ2) is 6.56. The summed E-state index contributed by atoms with van der Waals surface area (Å²) in [6.07, 6.45) is 1.77. The van der Waals surface area contributed by atoms with Gasteiger partial charge in [0.1, 0.15) is 11.9 Å². The molecule has 2 N–H and O–H groups in total. The molecule has 1 fully saturated rings. The third-order valence-electron chi connectivity index (χ3n) is 3.62. The van der Waals surface area contributed by atoms with Gasteiger partial charge in [-0.05, 0) is 43.9 Å². The Labute approximate surface area is 122 Å². The van der Waals surface area contributed by atoms with Crippen LogP contribution in [0, 0.1) is 5.82 Å². The molecule has 0 radical (unpaired) electrons. The average Bonchev–Trinajstić information content (AvgIpc) is 2.91. The lowest BCUT2D eigenvalue weighted by atomic mass is 10.1. The Bertz CT molecular complexity index is 518. The lowest BCUT2D eigenvalue weighted by molar-refractivity contribution is -0.141. The van der Waals surface area contributed by atoms with Gasteiger partial charge >= 0.3 is 12.0 Å². The number of urea groups is 1. The topological polar surface area (TPSA) is 69.6 Å². The van der Waals surface area contributed by atoms with E-state index in [-0.39, 0.29) is 17.9 Å². The van der Waals surface area contributed by atoms with Gasteiger partial charge < -0.3 is 15.3 Å². The molecule has 5 nitrogen and oxygen atoms in total. The number of carbonyl (C=O) groups is 2. The number of nitrogens with zero attached hydrogens (tertiary/aromatic N) is 1. The van der Waals surface area contributed by atoms with Crippen LogP contribution in [0.15, 0.2) is 24.3 Å². The van der Waals surface area contributed by atoms with E-state index >= 15 is 0 Å². The molecule has 1 aliphatic heterocycles. The van der Waals surface area contributed by atoms with Crippen LogP contribution in [-0.2, 0) is 11.2 Å². The van der Waals surface area contributed by atoms with Crippen LogP contribution in [0.2, 0.25) is 0 Å². The van der Waals surface area contributed by atoms with Gasteiger partial charge in [0, 0.05) is 12.6 Å². The van der Waals surface area contributed by atoms with Crippen molar-refractivity contribution in [2.45, 2.75) is 38.3 Å². The van der Waals surface area contributed by atoms with Crippen LogP contribution in [0.25, 0.3) is 0 Å². The van der Waals surface area contributed by atoms with E-state index in [2.05, 4.69) is 5.32 Å². The van der Waals surface area contributed by atoms with Gasteiger partial charge in [0.2, 0.25) is 0 Å². The van der Waals surface area contributed by atoms with Gasteiger partial charge in [-0.1, -0.05) is 12.1 Å². The first-order valence-electron chi connectivity index (χ1n) is 7.01. The van der Waals surface area contributed by atoms with Crippen LogP contribution in [0.1, 0.15) is 25.3 Å². The molecule has 1 aliphatic rings. The zero-order chi connectivity index (χ0) is 15.4. The van der Waals surface area contributed by atoms with E-state index in [9.17, 15) is 14.0 Å². The monoisotopic (exact) mass is 294 g/mol. The Hall–Kier alpha value is -2.11. The minimum atomic E-state index is -0.964. The zero-order valence-corrected chi connectivity index (χ0v) is 11.9. The molecule has 6 heteroatoms. The molecule has 0 saturated carbocycles. The molecule has 0 aromatic heterocycles. The maximum Gasteiger partial charge on any atom is 0.326 e. The van der Waals surface area contributed by atoms with Crippen LogP contribution in [0.5, 0.6) is 0 Å². The summed E-state index contributed by atoms with van der Waals surface area (Å²) in [7, 11) is 0. The highest BCUT2D eigenvalue weighted by Gasteiger charge is 2.34. The number of hydrogen-bond acceptors (Lipinski definition) is 2. The Morgan fingerprint density at radius 2 is 2.10 bits per heavy atom. The van der Waals surface area contributed by atoms with Crippen molar-refractivity contribution in [1.29, 1.82) is 0 Å². The van der Waals surface area contributed by atoms with E-state index < -0.39 is 12.0 Å². The van der Waals surface area contributed by atoms with E-state index in [1.165, 1.54) is 17.0 Å². The van der Waals surface area contributed by atoms with Crippen molar-refractivity contribution in [1.82, 2.24) is 10.2 Å². The Morgan fingerprint density at radius 3 is 2.71 bits per heavy atom. The SMILES string of the molecule is CC(Cc1ccc(F)cc1)NC(=O)N1CCCC1C(=O)O. The van der Waals surface area contributed by atoms with Gasteiger partial charge in [-0.25, -0.2) is 14.0 Å². The molecule has 0 aliphatic carbocycles. The molecule has 1 aromatic rings. The van der Waals surface area contributed by atoms with Crippen molar-refractivity contribution >= 4 is 12.0 Å². The second-order valence-corrected chi connectivity index (χ2v) is 5.37. The predicted octanol–water partition coefficient (Wildman–Crippen LogP) is 2.02. The summed E-state index contributed by atoms with van der Waals surface area (Å²) in [6, 6.07) is 4.87. The third kappa shape index (κ3) is 3.93. The largest absolute Gasteiger partial charge is 0.480 e. The van der Waals surface area contributed by atoms with E-state index in [0.29, 0.717) is 25.8 Å². The van der Waals surface area contributed by atoms with Crippen LogP contribution in [-0.4, -0.2) is 40.6 Å². The fourth-order valence-corrected chi connectivity index (χ4v) is 2.59. The van der Waals surface area contributed by atoms with Crippen molar-refractivity contribution < 1.29 is 19.1 Å². The molecule has 1 heterocycles. The lowest BCUT2D eigenvalue weighted by Gasteiger charge is -2.24. The van der Waals surface area contributed by atoms with Gasteiger partial charge in [-0.15, -0.1) is 0 Å². The first-order chi connectivity index (χ1) is 9.97. The van der Waals surface area contributed by atoms with Crippen molar-refractivity contribution in [2.75, 3.05) is 6.54 Å². The number of hydrogen-bond donors (Lipinski definition) is 2. The molecule has 2 unspecified atom stereocenters. The highest BCUT2D eigenvalue weighted by molar-refractivity contribution is 5.83. The van der Waals surface area contributed by atoms with Crippen LogP contribution >= 0.6 is 0 Å². The lowest BCUT2D eigenvalue weighted by Crippen LogP contribution is -2.48. The van der Waals surface area contributed by atoms with Gasteiger partial charge in [0.25, 0.3) is 0 Å². The molecule has 114 valence electrons. The van der Waals surface area contributed by atoms with Gasteiger partial charge in [0.15, 0.2) is 0 Å². The molecule has 2 rings (SSSR count). The maximum atomic E-state index is 12.8. The summed E-state index contributed by atoms with van der Waals surface area (Å²) in [5, 5.41) is 11.9. The van der Waals surface area contributed by atoms with Gasteiger partial charge in [-0.2, -0.15) is 0 Å². The Balaban J connectivity index is 1.90. The van der Waals surface area contributed by atoms with Crippen molar-refractivity contribution in [3.63, 3.8) is 0 Å². The van der Waals surface area contributed by atoms with Crippen LogP contribution < -0.4 is 5.32 Å². The highest BCUT2D eigenvalue weighted by Crippen LogP contribution is 2.17. The first-order valence-corrected chi connectivity index (χ1v) is 7.01. The molecule has 2 atom stereocenters. The van der Waals surface area contributed by atoms with Gasteiger partial charge in [0.05, 0.1) is 0 Å². The van der Waals surface area contributed by atoms with E-state index in [4.69, 9.17) is 5.11 Å². The fraction of sp³-hybridized carbons (Fsp3) is 0.467. The molecular weight excluding hydrogens is 275 g/mol. The van der Waals surface area contributed by atoms with Crippen LogP contribution in [0.3, 0.4) is 0 Å². The van der Waals surface area contributed by atoms with Crippen molar-refractivity contribution in [3.05, 3.63) is 35.6 Å². The first kappa shape index (κ1) is 15.3. The number of carboxylic acids is 1. The fourth-order valence-electron chi connectivity index (χ4n) is 2.59. The molecule has 0 bridgehead atoms. The van der Waals surface area contributed by atoms with E-state index in [1.807, 2.05) is 6.92 Å². The Kier molecular flexibility index (Phi) is 4.77. The quantitative estimate of drug-likeness (QED) is 0.892. The molecule has 1 aromatic carbocycles. The number of rotatable bonds is 4. The number of benzene rings is 1. The molecule has 1 saturated heterocycles. The summed E-state index contributed by atoms with van der Waals surface area (Å²) in [5.74, 6) is -1.26. The number of nitrogens with one attached hydrogen (secondary N) is 1. The number of aliphatic carboxylic acids is 1. The molecule has 2 amide bonds.